The predicted molar refractivity (Wildman–Crippen MR) is 113 cm³/mol. The van der Waals surface area contributed by atoms with Crippen LogP contribution in [-0.4, -0.2) is 26.8 Å². The summed E-state index contributed by atoms with van der Waals surface area (Å²) in [7, 11) is 0. The molecule has 1 heterocycles. The van der Waals surface area contributed by atoms with Gasteiger partial charge in [-0.2, -0.15) is 0 Å². The molecule has 1 aliphatic rings. The van der Waals surface area contributed by atoms with Crippen molar-refractivity contribution >= 4 is 5.69 Å². The Hall–Kier alpha value is -3.40. The molecule has 1 saturated carbocycles. The van der Waals surface area contributed by atoms with Gasteiger partial charge in [0.15, 0.2) is 5.82 Å². The Morgan fingerprint density at radius 2 is 1.83 bits per heavy atom. The van der Waals surface area contributed by atoms with Crippen molar-refractivity contribution in [2.75, 3.05) is 11.9 Å². The van der Waals surface area contributed by atoms with Crippen LogP contribution in [0.25, 0.3) is 0 Å². The van der Waals surface area contributed by atoms with Crippen LogP contribution in [0.15, 0.2) is 48.5 Å². The van der Waals surface area contributed by atoms with Crippen LogP contribution < -0.4 is 10.1 Å². The summed E-state index contributed by atoms with van der Waals surface area (Å²) in [5, 5.41) is 16.1. The topological polar surface area (TPSA) is 64.9 Å². The van der Waals surface area contributed by atoms with E-state index in [0.717, 1.165) is 29.9 Å². The number of halogens is 1. The van der Waals surface area contributed by atoms with Gasteiger partial charge in [0.05, 0.1) is 6.04 Å². The molecule has 1 aliphatic carbocycles. The first-order valence-electron chi connectivity index (χ1n) is 10.2. The number of tetrazole rings is 1. The van der Waals surface area contributed by atoms with Crippen molar-refractivity contribution in [3.8, 4) is 18.1 Å². The summed E-state index contributed by atoms with van der Waals surface area (Å²) in [4.78, 5) is 0. The first-order valence-corrected chi connectivity index (χ1v) is 10.2. The van der Waals surface area contributed by atoms with Gasteiger partial charge < -0.3 is 10.1 Å². The second kappa shape index (κ2) is 9.40. The van der Waals surface area contributed by atoms with E-state index in [1.54, 1.807) is 12.1 Å². The number of rotatable bonds is 7. The monoisotopic (exact) mass is 405 g/mol. The molecule has 30 heavy (non-hydrogen) atoms. The first kappa shape index (κ1) is 19.9. The van der Waals surface area contributed by atoms with Crippen molar-refractivity contribution in [2.24, 2.45) is 0 Å². The highest BCUT2D eigenvalue weighted by Crippen LogP contribution is 2.32. The molecule has 7 heteroatoms. The van der Waals surface area contributed by atoms with E-state index in [1.807, 2.05) is 28.9 Å². The van der Waals surface area contributed by atoms with E-state index >= 15 is 0 Å². The van der Waals surface area contributed by atoms with E-state index in [0.29, 0.717) is 11.8 Å². The standard InChI is InChI=1S/C23H24FN5O/c1-2-16-30-21-14-8-17(9-15-21)22(25-19-12-10-18(24)11-13-19)23-26-27-28-29(23)20-6-4-3-5-7-20/h1,8-15,20,22,25H,3-7,16H2. The minimum atomic E-state index is -0.297. The van der Waals surface area contributed by atoms with Crippen LogP contribution in [0, 0.1) is 18.2 Å². The normalized spacial score (nSPS) is 15.3. The van der Waals surface area contributed by atoms with Crippen molar-refractivity contribution < 1.29 is 9.13 Å². The molecule has 0 amide bonds. The fourth-order valence-corrected chi connectivity index (χ4v) is 3.87. The van der Waals surface area contributed by atoms with Crippen molar-refractivity contribution in [1.29, 1.82) is 0 Å². The zero-order valence-corrected chi connectivity index (χ0v) is 16.7. The third-order valence-electron chi connectivity index (χ3n) is 5.39. The largest absolute Gasteiger partial charge is 0.481 e. The minimum absolute atomic E-state index is 0.219. The van der Waals surface area contributed by atoms with Crippen molar-refractivity contribution in [1.82, 2.24) is 20.2 Å². The third kappa shape index (κ3) is 4.60. The Bertz CT molecular complexity index is 988. The second-order valence-corrected chi connectivity index (χ2v) is 7.42. The maximum atomic E-state index is 13.4. The Morgan fingerprint density at radius 1 is 1.10 bits per heavy atom. The highest BCUT2D eigenvalue weighted by Gasteiger charge is 2.26. The van der Waals surface area contributed by atoms with Crippen molar-refractivity contribution in [3.05, 3.63) is 65.7 Å². The molecule has 0 radical (unpaired) electrons. The summed E-state index contributed by atoms with van der Waals surface area (Å²) in [6.07, 6.45) is 11.0. The lowest BCUT2D eigenvalue weighted by Crippen LogP contribution is -2.23. The average molecular weight is 405 g/mol. The lowest BCUT2D eigenvalue weighted by atomic mass is 9.95. The number of hydrogen-bond donors (Lipinski definition) is 1. The van der Waals surface area contributed by atoms with Crippen LogP contribution in [0.2, 0.25) is 0 Å². The van der Waals surface area contributed by atoms with E-state index in [-0.39, 0.29) is 18.5 Å². The Morgan fingerprint density at radius 3 is 2.53 bits per heavy atom. The van der Waals surface area contributed by atoms with Crippen LogP contribution >= 0.6 is 0 Å². The molecule has 0 aliphatic heterocycles. The molecule has 1 fully saturated rings. The molecule has 0 spiro atoms. The van der Waals surface area contributed by atoms with Gasteiger partial charge >= 0.3 is 0 Å². The van der Waals surface area contributed by atoms with Crippen molar-refractivity contribution in [3.63, 3.8) is 0 Å². The van der Waals surface area contributed by atoms with Crippen LogP contribution in [0.4, 0.5) is 10.1 Å². The molecule has 1 N–H and O–H groups in total. The Kier molecular flexibility index (Phi) is 6.23. The number of ether oxygens (including phenoxy) is 1. The highest BCUT2D eigenvalue weighted by atomic mass is 19.1. The van der Waals surface area contributed by atoms with Gasteiger partial charge in [-0.1, -0.05) is 37.3 Å². The lowest BCUT2D eigenvalue weighted by Gasteiger charge is -2.26. The van der Waals surface area contributed by atoms with Crippen LogP contribution in [0.1, 0.15) is 55.6 Å². The number of terminal acetylenes is 1. The minimum Gasteiger partial charge on any atom is -0.481 e. The number of nitrogens with one attached hydrogen (secondary N) is 1. The number of benzene rings is 2. The van der Waals surface area contributed by atoms with Gasteiger partial charge in [-0.3, -0.25) is 0 Å². The molecule has 2 aromatic carbocycles. The van der Waals surface area contributed by atoms with E-state index in [1.165, 1.54) is 31.4 Å². The highest BCUT2D eigenvalue weighted by molar-refractivity contribution is 5.48. The van der Waals surface area contributed by atoms with E-state index in [2.05, 4.69) is 26.8 Å². The molecular formula is C23H24FN5O. The maximum absolute atomic E-state index is 13.4. The van der Waals surface area contributed by atoms with E-state index < -0.39 is 0 Å². The molecule has 154 valence electrons. The SMILES string of the molecule is C#CCOc1ccc(C(Nc2ccc(F)cc2)c2nnnn2C2CCCCC2)cc1. The summed E-state index contributed by atoms with van der Waals surface area (Å²) in [5.41, 5.74) is 1.76. The number of hydrogen-bond acceptors (Lipinski definition) is 5. The van der Waals surface area contributed by atoms with Crippen LogP contribution in [-0.2, 0) is 0 Å². The first-order chi connectivity index (χ1) is 14.7. The predicted octanol–water partition coefficient (Wildman–Crippen LogP) is 4.53. The fraction of sp³-hybridized carbons (Fsp3) is 0.348. The quantitative estimate of drug-likeness (QED) is 0.585. The van der Waals surface area contributed by atoms with Gasteiger partial charge in [0, 0.05) is 5.69 Å². The number of nitrogens with zero attached hydrogens (tertiary/aromatic N) is 4. The summed E-state index contributed by atoms with van der Waals surface area (Å²) in [6, 6.07) is 14.0. The van der Waals surface area contributed by atoms with Gasteiger partial charge in [0.2, 0.25) is 0 Å². The smallest absolute Gasteiger partial charge is 0.178 e. The number of aromatic nitrogens is 4. The zero-order valence-electron chi connectivity index (χ0n) is 16.7. The van der Waals surface area contributed by atoms with Gasteiger partial charge in [0.1, 0.15) is 24.2 Å². The zero-order chi connectivity index (χ0) is 20.8. The lowest BCUT2D eigenvalue weighted by molar-refractivity contribution is 0.315. The Balaban J connectivity index is 1.66. The molecule has 1 atom stereocenters. The molecule has 6 nitrogen and oxygen atoms in total. The summed E-state index contributed by atoms with van der Waals surface area (Å²) in [5.74, 6) is 3.62. The summed E-state index contributed by atoms with van der Waals surface area (Å²) < 4.78 is 20.8. The molecule has 3 aromatic rings. The number of anilines is 1. The van der Waals surface area contributed by atoms with Gasteiger partial charge in [-0.25, -0.2) is 9.07 Å². The van der Waals surface area contributed by atoms with Crippen LogP contribution in [0.5, 0.6) is 5.75 Å². The molecule has 0 saturated heterocycles. The second-order valence-electron chi connectivity index (χ2n) is 7.42. The van der Waals surface area contributed by atoms with E-state index in [4.69, 9.17) is 11.2 Å². The molecule has 1 unspecified atom stereocenters. The van der Waals surface area contributed by atoms with Gasteiger partial charge in [-0.05, 0) is 65.2 Å². The molecule has 1 aromatic heterocycles. The third-order valence-corrected chi connectivity index (χ3v) is 5.39. The average Bonchev–Trinajstić information content (AvgIpc) is 3.28. The van der Waals surface area contributed by atoms with Crippen LogP contribution in [0.3, 0.4) is 0 Å². The van der Waals surface area contributed by atoms with E-state index in [9.17, 15) is 4.39 Å². The molecule has 0 bridgehead atoms. The maximum Gasteiger partial charge on any atom is 0.178 e. The Labute approximate surface area is 175 Å². The fourth-order valence-electron chi connectivity index (χ4n) is 3.87. The summed E-state index contributed by atoms with van der Waals surface area (Å²) in [6.45, 7) is 0.219. The molecular weight excluding hydrogens is 381 g/mol. The van der Waals surface area contributed by atoms with Gasteiger partial charge in [-0.15, -0.1) is 11.5 Å². The summed E-state index contributed by atoms with van der Waals surface area (Å²) >= 11 is 0. The van der Waals surface area contributed by atoms with Gasteiger partial charge in [0.25, 0.3) is 0 Å². The molecule has 4 rings (SSSR count). The van der Waals surface area contributed by atoms with Crippen molar-refractivity contribution in [2.45, 2.75) is 44.2 Å².